The normalized spacial score (nSPS) is 13.9. The number of carboxylic acids is 1. The number of furan rings is 1. The monoisotopic (exact) mass is 253 g/mol. The standard InChI is InChI=1S/C13H19NO4/c1-4-10-9(6-7-18-10)11(15)14-8-13(3,5-2)12(16)17/h6-7H,4-5,8H2,1-3H3,(H,14,15)(H,16,17). The van der Waals surface area contributed by atoms with Crippen molar-refractivity contribution >= 4 is 11.9 Å². The molecule has 18 heavy (non-hydrogen) atoms. The van der Waals surface area contributed by atoms with E-state index in [4.69, 9.17) is 9.52 Å². The van der Waals surface area contributed by atoms with E-state index in [9.17, 15) is 9.59 Å². The van der Waals surface area contributed by atoms with Gasteiger partial charge in [-0.05, 0) is 19.4 Å². The van der Waals surface area contributed by atoms with Crippen LogP contribution in [0.1, 0.15) is 43.3 Å². The zero-order valence-electron chi connectivity index (χ0n) is 10.9. The summed E-state index contributed by atoms with van der Waals surface area (Å²) in [5.41, 5.74) is -0.465. The molecule has 1 heterocycles. The molecule has 0 aliphatic rings. The summed E-state index contributed by atoms with van der Waals surface area (Å²) in [4.78, 5) is 23.0. The number of hydrogen-bond donors (Lipinski definition) is 2. The summed E-state index contributed by atoms with van der Waals surface area (Å²) in [6.07, 6.45) is 2.54. The van der Waals surface area contributed by atoms with Gasteiger partial charge in [0.2, 0.25) is 0 Å². The maximum absolute atomic E-state index is 11.9. The van der Waals surface area contributed by atoms with Gasteiger partial charge in [0.15, 0.2) is 0 Å². The Morgan fingerprint density at radius 3 is 2.61 bits per heavy atom. The molecular weight excluding hydrogens is 234 g/mol. The number of aliphatic carboxylic acids is 1. The van der Waals surface area contributed by atoms with Gasteiger partial charge in [-0.2, -0.15) is 0 Å². The van der Waals surface area contributed by atoms with Gasteiger partial charge in [-0.3, -0.25) is 9.59 Å². The number of aryl methyl sites for hydroxylation is 1. The highest BCUT2D eigenvalue weighted by Gasteiger charge is 2.31. The van der Waals surface area contributed by atoms with Crippen LogP contribution >= 0.6 is 0 Å². The van der Waals surface area contributed by atoms with E-state index in [1.807, 2.05) is 6.92 Å². The molecule has 1 amide bonds. The number of hydrogen-bond acceptors (Lipinski definition) is 3. The number of carbonyl (C=O) groups excluding carboxylic acids is 1. The lowest BCUT2D eigenvalue weighted by Gasteiger charge is -2.23. The Kier molecular flexibility index (Phi) is 4.53. The van der Waals surface area contributed by atoms with Gasteiger partial charge in [0, 0.05) is 13.0 Å². The van der Waals surface area contributed by atoms with Gasteiger partial charge in [0.25, 0.3) is 5.91 Å². The Balaban J connectivity index is 2.69. The minimum atomic E-state index is -0.939. The second kappa shape index (κ2) is 5.71. The van der Waals surface area contributed by atoms with Crippen molar-refractivity contribution in [1.82, 2.24) is 5.32 Å². The molecule has 2 N–H and O–H groups in total. The molecule has 1 rings (SSSR count). The van der Waals surface area contributed by atoms with Crippen LogP contribution in [0.5, 0.6) is 0 Å². The second-order valence-electron chi connectivity index (χ2n) is 4.51. The van der Waals surface area contributed by atoms with Gasteiger partial charge in [-0.25, -0.2) is 0 Å². The van der Waals surface area contributed by atoms with E-state index in [1.54, 1.807) is 19.9 Å². The van der Waals surface area contributed by atoms with E-state index in [0.29, 0.717) is 24.2 Å². The third-order valence-corrected chi connectivity index (χ3v) is 3.25. The van der Waals surface area contributed by atoms with Crippen molar-refractivity contribution in [3.05, 3.63) is 23.7 Å². The van der Waals surface area contributed by atoms with Crippen LogP contribution in [0.2, 0.25) is 0 Å². The quantitative estimate of drug-likeness (QED) is 0.813. The van der Waals surface area contributed by atoms with Crippen molar-refractivity contribution < 1.29 is 19.1 Å². The third-order valence-electron chi connectivity index (χ3n) is 3.25. The molecule has 1 unspecified atom stereocenters. The summed E-state index contributed by atoms with van der Waals surface area (Å²) in [5, 5.41) is 11.8. The fourth-order valence-electron chi connectivity index (χ4n) is 1.54. The van der Waals surface area contributed by atoms with E-state index in [-0.39, 0.29) is 12.5 Å². The minimum absolute atomic E-state index is 0.103. The molecular formula is C13H19NO4. The smallest absolute Gasteiger partial charge is 0.311 e. The van der Waals surface area contributed by atoms with E-state index in [0.717, 1.165) is 0 Å². The molecule has 0 saturated carbocycles. The number of rotatable bonds is 6. The molecule has 0 bridgehead atoms. The Hall–Kier alpha value is -1.78. The minimum Gasteiger partial charge on any atom is -0.481 e. The third kappa shape index (κ3) is 2.91. The highest BCUT2D eigenvalue weighted by Crippen LogP contribution is 2.20. The summed E-state index contributed by atoms with van der Waals surface area (Å²) in [5.74, 6) is -0.587. The molecule has 1 aromatic rings. The number of carbonyl (C=O) groups is 2. The Morgan fingerprint density at radius 2 is 2.11 bits per heavy atom. The average Bonchev–Trinajstić information content (AvgIpc) is 2.83. The van der Waals surface area contributed by atoms with Crippen LogP contribution in [-0.2, 0) is 11.2 Å². The lowest BCUT2D eigenvalue weighted by atomic mass is 9.87. The fraction of sp³-hybridized carbons (Fsp3) is 0.538. The summed E-state index contributed by atoms with van der Waals surface area (Å²) in [6.45, 7) is 5.40. The van der Waals surface area contributed by atoms with E-state index in [2.05, 4.69) is 5.32 Å². The second-order valence-corrected chi connectivity index (χ2v) is 4.51. The van der Waals surface area contributed by atoms with Crippen molar-refractivity contribution in [3.8, 4) is 0 Å². The van der Waals surface area contributed by atoms with Crippen molar-refractivity contribution in [2.45, 2.75) is 33.6 Å². The lowest BCUT2D eigenvalue weighted by Crippen LogP contribution is -2.40. The molecule has 5 heteroatoms. The van der Waals surface area contributed by atoms with Gasteiger partial charge in [0.05, 0.1) is 17.2 Å². The molecule has 0 aliphatic carbocycles. The van der Waals surface area contributed by atoms with Crippen molar-refractivity contribution in [1.29, 1.82) is 0 Å². The summed E-state index contributed by atoms with van der Waals surface area (Å²) < 4.78 is 5.16. The molecule has 0 radical (unpaired) electrons. The highest BCUT2D eigenvalue weighted by molar-refractivity contribution is 5.95. The topological polar surface area (TPSA) is 79.5 Å². The number of nitrogens with one attached hydrogen (secondary N) is 1. The molecule has 100 valence electrons. The molecule has 1 atom stereocenters. The van der Waals surface area contributed by atoms with Crippen LogP contribution in [0.25, 0.3) is 0 Å². The Morgan fingerprint density at radius 1 is 1.44 bits per heavy atom. The summed E-state index contributed by atoms with van der Waals surface area (Å²) in [7, 11) is 0. The maximum atomic E-state index is 11.9. The maximum Gasteiger partial charge on any atom is 0.311 e. The zero-order chi connectivity index (χ0) is 13.8. The highest BCUT2D eigenvalue weighted by atomic mass is 16.4. The summed E-state index contributed by atoms with van der Waals surface area (Å²) in [6, 6.07) is 1.60. The average molecular weight is 253 g/mol. The van der Waals surface area contributed by atoms with Crippen LogP contribution in [-0.4, -0.2) is 23.5 Å². The van der Waals surface area contributed by atoms with Crippen molar-refractivity contribution in [2.24, 2.45) is 5.41 Å². The first-order chi connectivity index (χ1) is 8.44. The van der Waals surface area contributed by atoms with Crippen LogP contribution in [0.15, 0.2) is 16.7 Å². The Labute approximate surface area is 106 Å². The van der Waals surface area contributed by atoms with E-state index < -0.39 is 11.4 Å². The van der Waals surface area contributed by atoms with Crippen LogP contribution in [0, 0.1) is 5.41 Å². The predicted molar refractivity (Wildman–Crippen MR) is 66.5 cm³/mol. The predicted octanol–water partition coefficient (Wildman–Crippen LogP) is 2.07. The van der Waals surface area contributed by atoms with E-state index >= 15 is 0 Å². The molecule has 0 aliphatic heterocycles. The van der Waals surface area contributed by atoms with E-state index in [1.165, 1.54) is 6.26 Å². The molecule has 0 saturated heterocycles. The SMILES string of the molecule is CCc1occc1C(=O)NCC(C)(CC)C(=O)O. The largest absolute Gasteiger partial charge is 0.481 e. The molecule has 1 aromatic heterocycles. The first-order valence-electron chi connectivity index (χ1n) is 6.02. The fourth-order valence-corrected chi connectivity index (χ4v) is 1.54. The van der Waals surface area contributed by atoms with Crippen LogP contribution < -0.4 is 5.32 Å². The summed E-state index contributed by atoms with van der Waals surface area (Å²) >= 11 is 0. The van der Waals surface area contributed by atoms with Crippen LogP contribution in [0.4, 0.5) is 0 Å². The van der Waals surface area contributed by atoms with Crippen molar-refractivity contribution in [2.75, 3.05) is 6.54 Å². The van der Waals surface area contributed by atoms with Crippen LogP contribution in [0.3, 0.4) is 0 Å². The number of amides is 1. The van der Waals surface area contributed by atoms with Gasteiger partial charge >= 0.3 is 5.97 Å². The van der Waals surface area contributed by atoms with Crippen molar-refractivity contribution in [3.63, 3.8) is 0 Å². The Bertz CT molecular complexity index is 438. The zero-order valence-corrected chi connectivity index (χ0v) is 10.9. The molecule has 5 nitrogen and oxygen atoms in total. The molecule has 0 fully saturated rings. The number of carboxylic acid groups (broad SMARTS) is 1. The van der Waals surface area contributed by atoms with Gasteiger partial charge in [-0.15, -0.1) is 0 Å². The first-order valence-corrected chi connectivity index (χ1v) is 6.02. The first kappa shape index (κ1) is 14.3. The molecule has 0 spiro atoms. The van der Waals surface area contributed by atoms with Gasteiger partial charge in [-0.1, -0.05) is 13.8 Å². The van der Waals surface area contributed by atoms with Gasteiger partial charge < -0.3 is 14.8 Å². The van der Waals surface area contributed by atoms with Gasteiger partial charge in [0.1, 0.15) is 5.76 Å². The lowest BCUT2D eigenvalue weighted by molar-refractivity contribution is -0.147. The molecule has 0 aromatic carbocycles.